The smallest absolute Gasteiger partial charge is 0.0722 e. The molecule has 0 saturated carbocycles. The highest BCUT2D eigenvalue weighted by molar-refractivity contribution is 5.54. The van der Waals surface area contributed by atoms with Crippen LogP contribution in [0.1, 0.15) is 19.4 Å². The van der Waals surface area contributed by atoms with E-state index in [-0.39, 0.29) is 19.3 Å². The van der Waals surface area contributed by atoms with Gasteiger partial charge in [0.05, 0.1) is 25.9 Å². The van der Waals surface area contributed by atoms with Crippen molar-refractivity contribution in [2.45, 2.75) is 26.5 Å². The van der Waals surface area contributed by atoms with Gasteiger partial charge in [-0.1, -0.05) is 25.1 Å². The Morgan fingerprint density at radius 2 is 2.05 bits per heavy atom. The molecular formula is C17H28N2O3. The SMILES string of the molecule is CC1CN(c2ccccc2CNCC(C)(CO)CO)CCO1. The van der Waals surface area contributed by atoms with Gasteiger partial charge >= 0.3 is 0 Å². The molecule has 1 aromatic carbocycles. The highest BCUT2D eigenvalue weighted by Gasteiger charge is 2.22. The normalized spacial score (nSPS) is 19.5. The van der Waals surface area contributed by atoms with Crippen LogP contribution in [0.4, 0.5) is 5.69 Å². The van der Waals surface area contributed by atoms with E-state index in [9.17, 15) is 10.2 Å². The first-order chi connectivity index (χ1) is 10.6. The van der Waals surface area contributed by atoms with Gasteiger partial charge in [-0.25, -0.2) is 0 Å². The quantitative estimate of drug-likeness (QED) is 0.701. The molecule has 2 rings (SSSR count). The first-order valence-corrected chi connectivity index (χ1v) is 7.95. The number of aliphatic hydroxyl groups is 2. The molecule has 1 heterocycles. The van der Waals surface area contributed by atoms with Gasteiger partial charge in [-0.2, -0.15) is 0 Å². The summed E-state index contributed by atoms with van der Waals surface area (Å²) in [6.07, 6.45) is 0.252. The number of nitrogens with one attached hydrogen (secondary N) is 1. The summed E-state index contributed by atoms with van der Waals surface area (Å²) in [5.41, 5.74) is 1.98. The van der Waals surface area contributed by atoms with Gasteiger partial charge in [0.2, 0.25) is 0 Å². The number of rotatable bonds is 7. The molecule has 5 heteroatoms. The van der Waals surface area contributed by atoms with E-state index < -0.39 is 5.41 Å². The first kappa shape index (κ1) is 17.2. The average molecular weight is 308 g/mol. The second-order valence-corrected chi connectivity index (χ2v) is 6.49. The predicted octanol–water partition coefficient (Wildman–Crippen LogP) is 0.992. The maximum absolute atomic E-state index is 9.35. The third-order valence-corrected chi connectivity index (χ3v) is 4.20. The number of aliphatic hydroxyl groups excluding tert-OH is 2. The van der Waals surface area contributed by atoms with Crippen LogP contribution in [-0.2, 0) is 11.3 Å². The Kier molecular flexibility index (Phi) is 6.20. The summed E-state index contributed by atoms with van der Waals surface area (Å²) < 4.78 is 5.61. The van der Waals surface area contributed by atoms with E-state index >= 15 is 0 Å². The molecule has 1 unspecified atom stereocenters. The van der Waals surface area contributed by atoms with Crippen molar-refractivity contribution < 1.29 is 14.9 Å². The zero-order valence-electron chi connectivity index (χ0n) is 13.6. The Bertz CT molecular complexity index is 463. The highest BCUT2D eigenvalue weighted by atomic mass is 16.5. The number of hydrogen-bond acceptors (Lipinski definition) is 5. The lowest BCUT2D eigenvalue weighted by Crippen LogP contribution is -2.42. The minimum atomic E-state index is -0.484. The topological polar surface area (TPSA) is 65.0 Å². The monoisotopic (exact) mass is 308 g/mol. The number of ether oxygens (including phenoxy) is 1. The summed E-state index contributed by atoms with van der Waals surface area (Å²) in [6.45, 7) is 7.78. The molecule has 0 aromatic heterocycles. The van der Waals surface area contributed by atoms with Crippen molar-refractivity contribution in [3.05, 3.63) is 29.8 Å². The Hall–Kier alpha value is -1.14. The Labute approximate surface area is 132 Å². The minimum Gasteiger partial charge on any atom is -0.396 e. The first-order valence-electron chi connectivity index (χ1n) is 7.95. The standard InChI is InChI=1S/C17H28N2O3/c1-14-10-19(7-8-22-14)16-6-4-3-5-15(16)9-18-11-17(2,12-20)13-21/h3-6,14,18,20-21H,7-13H2,1-2H3. The van der Waals surface area contributed by atoms with Gasteiger partial charge in [0.25, 0.3) is 0 Å². The summed E-state index contributed by atoms with van der Waals surface area (Å²) in [4.78, 5) is 2.36. The van der Waals surface area contributed by atoms with Crippen molar-refractivity contribution in [2.24, 2.45) is 5.41 Å². The van der Waals surface area contributed by atoms with Crippen LogP contribution in [0.15, 0.2) is 24.3 Å². The van der Waals surface area contributed by atoms with E-state index in [1.54, 1.807) is 0 Å². The summed E-state index contributed by atoms with van der Waals surface area (Å²) in [5, 5.41) is 22.1. The molecule has 1 aliphatic heterocycles. The molecule has 1 aromatic rings. The molecule has 1 aliphatic rings. The molecule has 1 saturated heterocycles. The lowest BCUT2D eigenvalue weighted by atomic mass is 9.93. The average Bonchev–Trinajstić information content (AvgIpc) is 2.55. The summed E-state index contributed by atoms with van der Waals surface area (Å²) in [6, 6.07) is 8.37. The van der Waals surface area contributed by atoms with Crippen molar-refractivity contribution in [1.82, 2.24) is 5.32 Å². The summed E-state index contributed by atoms with van der Waals surface area (Å²) in [5.74, 6) is 0. The molecule has 3 N–H and O–H groups in total. The fraction of sp³-hybridized carbons (Fsp3) is 0.647. The molecule has 0 bridgehead atoms. The van der Waals surface area contributed by atoms with E-state index in [2.05, 4.69) is 35.3 Å². The van der Waals surface area contributed by atoms with Crippen LogP contribution in [0, 0.1) is 5.41 Å². The number of nitrogens with zero attached hydrogens (tertiary/aromatic N) is 1. The third-order valence-electron chi connectivity index (χ3n) is 4.20. The largest absolute Gasteiger partial charge is 0.396 e. The van der Waals surface area contributed by atoms with Crippen LogP contribution in [0.25, 0.3) is 0 Å². The van der Waals surface area contributed by atoms with E-state index in [4.69, 9.17) is 4.74 Å². The van der Waals surface area contributed by atoms with Crippen molar-refractivity contribution in [3.8, 4) is 0 Å². The molecular weight excluding hydrogens is 280 g/mol. The van der Waals surface area contributed by atoms with E-state index in [0.29, 0.717) is 6.54 Å². The summed E-state index contributed by atoms with van der Waals surface area (Å²) >= 11 is 0. The van der Waals surface area contributed by atoms with Crippen molar-refractivity contribution in [1.29, 1.82) is 0 Å². The zero-order valence-corrected chi connectivity index (χ0v) is 13.6. The predicted molar refractivity (Wildman–Crippen MR) is 88.1 cm³/mol. The molecule has 0 radical (unpaired) electrons. The Morgan fingerprint density at radius 1 is 1.32 bits per heavy atom. The van der Waals surface area contributed by atoms with Crippen LogP contribution in [0.2, 0.25) is 0 Å². The Morgan fingerprint density at radius 3 is 2.73 bits per heavy atom. The van der Waals surface area contributed by atoms with Gasteiger partial charge in [-0.15, -0.1) is 0 Å². The number of anilines is 1. The second kappa shape index (κ2) is 7.92. The van der Waals surface area contributed by atoms with Crippen molar-refractivity contribution in [3.63, 3.8) is 0 Å². The van der Waals surface area contributed by atoms with Gasteiger partial charge < -0.3 is 25.2 Å². The number of morpholine rings is 1. The van der Waals surface area contributed by atoms with Crippen LogP contribution in [0.5, 0.6) is 0 Å². The molecule has 0 spiro atoms. The highest BCUT2D eigenvalue weighted by Crippen LogP contribution is 2.23. The van der Waals surface area contributed by atoms with Gasteiger partial charge in [-0.3, -0.25) is 0 Å². The van der Waals surface area contributed by atoms with Gasteiger partial charge in [0.1, 0.15) is 0 Å². The number of para-hydroxylation sites is 1. The van der Waals surface area contributed by atoms with Crippen LogP contribution in [0.3, 0.4) is 0 Å². The van der Waals surface area contributed by atoms with Gasteiger partial charge in [0.15, 0.2) is 0 Å². The molecule has 1 atom stereocenters. The van der Waals surface area contributed by atoms with Crippen LogP contribution < -0.4 is 10.2 Å². The molecule has 1 fully saturated rings. The molecule has 0 amide bonds. The summed E-state index contributed by atoms with van der Waals surface area (Å²) in [7, 11) is 0. The maximum Gasteiger partial charge on any atom is 0.0722 e. The minimum absolute atomic E-state index is 0.0286. The molecule has 0 aliphatic carbocycles. The lowest BCUT2D eigenvalue weighted by molar-refractivity contribution is 0.0531. The fourth-order valence-corrected chi connectivity index (χ4v) is 2.67. The Balaban J connectivity index is 1.99. The van der Waals surface area contributed by atoms with Crippen molar-refractivity contribution in [2.75, 3.05) is 44.4 Å². The number of hydrogen-bond donors (Lipinski definition) is 3. The van der Waals surface area contributed by atoms with Crippen molar-refractivity contribution >= 4 is 5.69 Å². The zero-order chi connectivity index (χ0) is 16.0. The molecule has 124 valence electrons. The van der Waals surface area contributed by atoms with Crippen LogP contribution >= 0.6 is 0 Å². The second-order valence-electron chi connectivity index (χ2n) is 6.49. The van der Waals surface area contributed by atoms with Gasteiger partial charge in [0, 0.05) is 37.3 Å². The maximum atomic E-state index is 9.35. The molecule has 5 nitrogen and oxygen atoms in total. The van der Waals surface area contributed by atoms with E-state index in [0.717, 1.165) is 26.2 Å². The number of benzene rings is 1. The van der Waals surface area contributed by atoms with Crippen LogP contribution in [-0.4, -0.2) is 55.8 Å². The van der Waals surface area contributed by atoms with E-state index in [1.165, 1.54) is 11.3 Å². The van der Waals surface area contributed by atoms with Gasteiger partial charge in [-0.05, 0) is 18.6 Å². The third kappa shape index (κ3) is 4.43. The fourth-order valence-electron chi connectivity index (χ4n) is 2.67. The van der Waals surface area contributed by atoms with E-state index in [1.807, 2.05) is 13.0 Å². The lowest BCUT2D eigenvalue weighted by Gasteiger charge is -2.34. The molecule has 22 heavy (non-hydrogen) atoms.